The van der Waals surface area contributed by atoms with Crippen molar-refractivity contribution in [2.75, 3.05) is 0 Å². The summed E-state index contributed by atoms with van der Waals surface area (Å²) in [5.41, 5.74) is 8.83. The van der Waals surface area contributed by atoms with E-state index in [1.807, 2.05) is 12.3 Å². The van der Waals surface area contributed by atoms with E-state index in [0.29, 0.717) is 5.92 Å². The summed E-state index contributed by atoms with van der Waals surface area (Å²) in [6, 6.07) is 12.8. The Balaban J connectivity index is 1.88. The van der Waals surface area contributed by atoms with Gasteiger partial charge in [0.2, 0.25) is 0 Å². The van der Waals surface area contributed by atoms with Crippen molar-refractivity contribution >= 4 is 0 Å². The molecule has 112 valence electrons. The predicted molar refractivity (Wildman–Crippen MR) is 86.5 cm³/mol. The highest BCUT2D eigenvalue weighted by Crippen LogP contribution is 2.37. The fourth-order valence-electron chi connectivity index (χ4n) is 3.67. The van der Waals surface area contributed by atoms with E-state index in [0.717, 1.165) is 18.0 Å². The molecule has 3 nitrogen and oxygen atoms in total. The van der Waals surface area contributed by atoms with Crippen LogP contribution in [0.25, 0.3) is 5.69 Å². The normalized spacial score (nSPS) is 25.9. The lowest BCUT2D eigenvalue weighted by Gasteiger charge is -2.34. The van der Waals surface area contributed by atoms with Gasteiger partial charge in [0.1, 0.15) is 0 Å². The average molecular weight is 283 g/mol. The molecule has 0 spiro atoms. The van der Waals surface area contributed by atoms with Crippen molar-refractivity contribution in [2.45, 2.75) is 51.0 Å². The maximum atomic E-state index is 6.43. The van der Waals surface area contributed by atoms with Crippen LogP contribution < -0.4 is 5.73 Å². The molecular formula is C18H25N3. The number of hydrogen-bond acceptors (Lipinski definition) is 2. The number of rotatable bonds is 4. The Labute approximate surface area is 127 Å². The summed E-state index contributed by atoms with van der Waals surface area (Å²) in [6.45, 7) is 2.28. The maximum absolute atomic E-state index is 6.43. The molecule has 3 unspecified atom stereocenters. The van der Waals surface area contributed by atoms with Crippen molar-refractivity contribution in [3.05, 3.63) is 48.3 Å². The van der Waals surface area contributed by atoms with Gasteiger partial charge in [-0.2, -0.15) is 5.10 Å². The van der Waals surface area contributed by atoms with Crippen LogP contribution in [-0.4, -0.2) is 15.8 Å². The predicted octanol–water partition coefficient (Wildman–Crippen LogP) is 3.88. The summed E-state index contributed by atoms with van der Waals surface area (Å²) in [6.07, 6.45) is 8.11. The summed E-state index contributed by atoms with van der Waals surface area (Å²) < 4.78 is 2.07. The molecule has 1 heterocycles. The van der Waals surface area contributed by atoms with Crippen LogP contribution in [0.1, 0.15) is 50.6 Å². The lowest BCUT2D eigenvalue weighted by molar-refractivity contribution is 0.269. The maximum Gasteiger partial charge on any atom is 0.0648 e. The third-order valence-corrected chi connectivity index (χ3v) is 4.76. The van der Waals surface area contributed by atoms with Gasteiger partial charge in [-0.1, -0.05) is 38.0 Å². The van der Waals surface area contributed by atoms with Crippen LogP contribution in [0.4, 0.5) is 0 Å². The highest BCUT2D eigenvalue weighted by atomic mass is 15.3. The Kier molecular flexibility index (Phi) is 4.39. The second kappa shape index (κ2) is 6.44. The second-order valence-electron chi connectivity index (χ2n) is 6.24. The Morgan fingerprint density at radius 1 is 1.19 bits per heavy atom. The molecule has 3 atom stereocenters. The number of aromatic nitrogens is 2. The van der Waals surface area contributed by atoms with Crippen LogP contribution in [0.3, 0.4) is 0 Å². The summed E-state index contributed by atoms with van der Waals surface area (Å²) >= 11 is 0. The van der Waals surface area contributed by atoms with Crippen LogP contribution in [-0.2, 0) is 0 Å². The van der Waals surface area contributed by atoms with Crippen LogP contribution >= 0.6 is 0 Å². The van der Waals surface area contributed by atoms with Gasteiger partial charge in [-0.25, -0.2) is 4.68 Å². The van der Waals surface area contributed by atoms with E-state index in [1.54, 1.807) is 0 Å². The summed E-state index contributed by atoms with van der Waals surface area (Å²) in [7, 11) is 0. The molecule has 2 aromatic rings. The molecule has 0 aliphatic heterocycles. The molecule has 1 aliphatic carbocycles. The number of para-hydroxylation sites is 1. The Hall–Kier alpha value is -1.61. The fraction of sp³-hybridized carbons (Fsp3) is 0.500. The lowest BCUT2D eigenvalue weighted by atomic mass is 9.75. The van der Waals surface area contributed by atoms with Gasteiger partial charge in [0, 0.05) is 23.9 Å². The molecule has 0 bridgehead atoms. The first-order valence-electron chi connectivity index (χ1n) is 8.14. The molecule has 21 heavy (non-hydrogen) atoms. The number of hydrogen-bond donors (Lipinski definition) is 1. The Bertz CT molecular complexity index is 561. The quantitative estimate of drug-likeness (QED) is 0.925. The highest BCUT2D eigenvalue weighted by molar-refractivity contribution is 5.33. The van der Waals surface area contributed by atoms with Crippen molar-refractivity contribution in [1.82, 2.24) is 9.78 Å². The summed E-state index contributed by atoms with van der Waals surface area (Å²) in [5, 5.41) is 4.53. The highest BCUT2D eigenvalue weighted by Gasteiger charge is 2.31. The number of nitrogens with two attached hydrogens (primary N) is 1. The van der Waals surface area contributed by atoms with E-state index in [1.165, 1.54) is 31.4 Å². The molecule has 2 N–H and O–H groups in total. The molecule has 1 aromatic heterocycles. The van der Waals surface area contributed by atoms with Crippen molar-refractivity contribution in [3.63, 3.8) is 0 Å². The monoisotopic (exact) mass is 283 g/mol. The molecule has 1 fully saturated rings. The van der Waals surface area contributed by atoms with Gasteiger partial charge in [-0.05, 0) is 43.4 Å². The van der Waals surface area contributed by atoms with E-state index < -0.39 is 0 Å². The van der Waals surface area contributed by atoms with Gasteiger partial charge in [0.25, 0.3) is 0 Å². The SMILES string of the molecule is CCCC1CCC(N)C(c2ccnn2-c2ccccc2)C1. The summed E-state index contributed by atoms with van der Waals surface area (Å²) in [5.74, 6) is 1.25. The molecule has 1 aliphatic rings. The molecule has 3 heteroatoms. The molecule has 0 saturated heterocycles. The zero-order valence-corrected chi connectivity index (χ0v) is 12.8. The minimum atomic E-state index is 0.261. The summed E-state index contributed by atoms with van der Waals surface area (Å²) in [4.78, 5) is 0. The van der Waals surface area contributed by atoms with Gasteiger partial charge in [0.15, 0.2) is 0 Å². The molecule has 1 saturated carbocycles. The van der Waals surface area contributed by atoms with Crippen LogP contribution in [0, 0.1) is 5.92 Å². The first-order chi connectivity index (χ1) is 10.3. The fourth-order valence-corrected chi connectivity index (χ4v) is 3.67. The number of benzene rings is 1. The first-order valence-corrected chi connectivity index (χ1v) is 8.14. The van der Waals surface area contributed by atoms with E-state index in [4.69, 9.17) is 5.73 Å². The minimum absolute atomic E-state index is 0.261. The molecule has 1 aromatic carbocycles. The minimum Gasteiger partial charge on any atom is -0.327 e. The van der Waals surface area contributed by atoms with Gasteiger partial charge < -0.3 is 5.73 Å². The van der Waals surface area contributed by atoms with E-state index in [2.05, 4.69) is 47.0 Å². The topological polar surface area (TPSA) is 43.8 Å². The Morgan fingerprint density at radius 3 is 2.76 bits per heavy atom. The lowest BCUT2D eigenvalue weighted by Crippen LogP contribution is -2.35. The van der Waals surface area contributed by atoms with Crippen molar-refractivity contribution < 1.29 is 0 Å². The van der Waals surface area contributed by atoms with E-state index in [-0.39, 0.29) is 6.04 Å². The van der Waals surface area contributed by atoms with Crippen LogP contribution in [0.5, 0.6) is 0 Å². The van der Waals surface area contributed by atoms with E-state index in [9.17, 15) is 0 Å². The third kappa shape index (κ3) is 3.03. The zero-order valence-electron chi connectivity index (χ0n) is 12.8. The first kappa shape index (κ1) is 14.3. The average Bonchev–Trinajstić information content (AvgIpc) is 3.00. The largest absolute Gasteiger partial charge is 0.327 e. The van der Waals surface area contributed by atoms with Gasteiger partial charge >= 0.3 is 0 Å². The number of nitrogens with zero attached hydrogens (tertiary/aromatic N) is 2. The smallest absolute Gasteiger partial charge is 0.0648 e. The third-order valence-electron chi connectivity index (χ3n) is 4.76. The molecule has 0 radical (unpaired) electrons. The van der Waals surface area contributed by atoms with Crippen molar-refractivity contribution in [2.24, 2.45) is 11.7 Å². The Morgan fingerprint density at radius 2 is 2.00 bits per heavy atom. The zero-order chi connectivity index (χ0) is 14.7. The van der Waals surface area contributed by atoms with Crippen molar-refractivity contribution in [1.29, 1.82) is 0 Å². The molecule has 0 amide bonds. The van der Waals surface area contributed by atoms with E-state index >= 15 is 0 Å². The van der Waals surface area contributed by atoms with Gasteiger partial charge in [-0.3, -0.25) is 0 Å². The molecule has 3 rings (SSSR count). The van der Waals surface area contributed by atoms with Crippen LogP contribution in [0.2, 0.25) is 0 Å². The second-order valence-corrected chi connectivity index (χ2v) is 6.24. The van der Waals surface area contributed by atoms with Gasteiger partial charge in [-0.15, -0.1) is 0 Å². The van der Waals surface area contributed by atoms with Crippen LogP contribution in [0.15, 0.2) is 42.6 Å². The standard InChI is InChI=1S/C18H25N3/c1-2-6-14-9-10-17(19)16(13-14)18-11-12-20-21(18)15-7-4-3-5-8-15/h3-5,7-8,11-12,14,16-17H,2,6,9-10,13,19H2,1H3. The molecular weight excluding hydrogens is 258 g/mol. The van der Waals surface area contributed by atoms with Gasteiger partial charge in [0.05, 0.1) is 5.69 Å². The van der Waals surface area contributed by atoms with Crippen molar-refractivity contribution in [3.8, 4) is 5.69 Å².